The van der Waals surface area contributed by atoms with Gasteiger partial charge in [-0.2, -0.15) is 0 Å². The van der Waals surface area contributed by atoms with E-state index in [1.54, 1.807) is 7.11 Å². The maximum absolute atomic E-state index is 5.37. The van der Waals surface area contributed by atoms with Gasteiger partial charge in [-0.3, -0.25) is 9.80 Å². The van der Waals surface area contributed by atoms with Crippen LogP contribution in [0.1, 0.15) is 17.0 Å². The topological polar surface area (TPSA) is 41.7 Å². The van der Waals surface area contributed by atoms with Crippen LogP contribution in [0.3, 0.4) is 0 Å². The number of para-hydroxylation sites is 1. The maximum atomic E-state index is 5.37. The van der Waals surface area contributed by atoms with Crippen LogP contribution in [-0.4, -0.2) is 54.8 Å². The van der Waals surface area contributed by atoms with Crippen molar-refractivity contribution < 1.29 is 9.26 Å². The van der Waals surface area contributed by atoms with Crippen LogP contribution in [0.2, 0.25) is 0 Å². The van der Waals surface area contributed by atoms with E-state index in [0.29, 0.717) is 0 Å². The normalized spacial score (nSPS) is 16.8. The minimum Gasteiger partial charge on any atom is -0.496 e. The number of rotatable bonds is 6. The molecule has 0 bridgehead atoms. The number of hydrogen-bond acceptors (Lipinski definition) is 5. The summed E-state index contributed by atoms with van der Waals surface area (Å²) in [5.74, 6) is 1.87. The number of hydrogen-bond donors (Lipinski definition) is 0. The van der Waals surface area contributed by atoms with Crippen LogP contribution in [0.25, 0.3) is 6.08 Å². The molecule has 1 saturated heterocycles. The monoisotopic (exact) mass is 327 g/mol. The molecule has 0 saturated carbocycles. The fraction of sp³-hybridized carbons (Fsp3) is 0.421. The standard InChI is InChI=1S/C19H25N3O2/c1-16-14-18(24-20-16)15-22-12-10-21(11-13-22)9-5-7-17-6-3-4-8-19(17)23-2/h3-8,14H,9-13,15H2,1-2H3/b7-5+. The zero-order chi connectivity index (χ0) is 16.8. The molecule has 5 nitrogen and oxygen atoms in total. The highest BCUT2D eigenvalue weighted by Gasteiger charge is 2.17. The molecule has 2 aromatic rings. The molecule has 0 radical (unpaired) electrons. The summed E-state index contributed by atoms with van der Waals surface area (Å²) in [5.41, 5.74) is 2.07. The zero-order valence-corrected chi connectivity index (χ0v) is 14.4. The first kappa shape index (κ1) is 16.7. The van der Waals surface area contributed by atoms with Gasteiger partial charge in [0.1, 0.15) is 5.75 Å². The summed E-state index contributed by atoms with van der Waals surface area (Å²) in [4.78, 5) is 4.88. The molecule has 1 aromatic heterocycles. The molecule has 0 N–H and O–H groups in total. The summed E-state index contributed by atoms with van der Waals surface area (Å²) in [7, 11) is 1.71. The van der Waals surface area contributed by atoms with E-state index in [0.717, 1.165) is 62.0 Å². The van der Waals surface area contributed by atoms with Crippen molar-refractivity contribution in [1.29, 1.82) is 0 Å². The van der Waals surface area contributed by atoms with Crippen LogP contribution in [0.5, 0.6) is 5.75 Å². The van der Waals surface area contributed by atoms with Gasteiger partial charge in [0.2, 0.25) is 0 Å². The molecule has 128 valence electrons. The maximum Gasteiger partial charge on any atom is 0.150 e. The van der Waals surface area contributed by atoms with E-state index in [9.17, 15) is 0 Å². The quantitative estimate of drug-likeness (QED) is 0.816. The molecular formula is C19H25N3O2. The van der Waals surface area contributed by atoms with Crippen LogP contribution in [0.15, 0.2) is 40.9 Å². The summed E-state index contributed by atoms with van der Waals surface area (Å²) in [5, 5.41) is 3.95. The molecule has 2 heterocycles. The number of ether oxygens (including phenoxy) is 1. The molecule has 1 aliphatic heterocycles. The van der Waals surface area contributed by atoms with Gasteiger partial charge < -0.3 is 9.26 Å². The first-order valence-electron chi connectivity index (χ1n) is 8.41. The largest absolute Gasteiger partial charge is 0.496 e. The molecule has 1 aromatic carbocycles. The lowest BCUT2D eigenvalue weighted by atomic mass is 10.2. The Balaban J connectivity index is 1.44. The first-order valence-corrected chi connectivity index (χ1v) is 8.41. The number of aryl methyl sites for hydroxylation is 1. The molecule has 5 heteroatoms. The molecule has 3 rings (SSSR count). The Kier molecular flexibility index (Phi) is 5.67. The lowest BCUT2D eigenvalue weighted by Gasteiger charge is -2.33. The smallest absolute Gasteiger partial charge is 0.150 e. The lowest BCUT2D eigenvalue weighted by molar-refractivity contribution is 0.127. The van der Waals surface area contributed by atoms with Gasteiger partial charge >= 0.3 is 0 Å². The summed E-state index contributed by atoms with van der Waals surface area (Å²) in [6.07, 6.45) is 4.36. The summed E-state index contributed by atoms with van der Waals surface area (Å²) >= 11 is 0. The van der Waals surface area contributed by atoms with E-state index in [-0.39, 0.29) is 0 Å². The minimum atomic E-state index is 0.853. The van der Waals surface area contributed by atoms with Crippen molar-refractivity contribution >= 4 is 6.08 Å². The van der Waals surface area contributed by atoms with E-state index >= 15 is 0 Å². The van der Waals surface area contributed by atoms with E-state index in [2.05, 4.69) is 33.2 Å². The summed E-state index contributed by atoms with van der Waals surface area (Å²) in [6.45, 7) is 8.04. The Morgan fingerprint density at radius 3 is 2.62 bits per heavy atom. The van der Waals surface area contributed by atoms with Crippen molar-refractivity contribution in [2.45, 2.75) is 13.5 Å². The number of aromatic nitrogens is 1. The molecular weight excluding hydrogens is 302 g/mol. The van der Waals surface area contributed by atoms with Crippen molar-refractivity contribution in [3.63, 3.8) is 0 Å². The van der Waals surface area contributed by atoms with Gasteiger partial charge in [-0.1, -0.05) is 35.5 Å². The van der Waals surface area contributed by atoms with Gasteiger partial charge in [0.05, 0.1) is 19.3 Å². The highest BCUT2D eigenvalue weighted by atomic mass is 16.5. The van der Waals surface area contributed by atoms with Crippen LogP contribution in [0.4, 0.5) is 0 Å². The average Bonchev–Trinajstić information content (AvgIpc) is 3.02. The fourth-order valence-electron chi connectivity index (χ4n) is 2.97. The Labute approximate surface area is 143 Å². The summed E-state index contributed by atoms with van der Waals surface area (Å²) in [6, 6.07) is 10.1. The molecule has 0 spiro atoms. The van der Waals surface area contributed by atoms with Gasteiger partial charge in [-0.15, -0.1) is 0 Å². The Hall–Kier alpha value is -2.11. The zero-order valence-electron chi connectivity index (χ0n) is 14.4. The second-order valence-corrected chi connectivity index (χ2v) is 6.16. The Morgan fingerprint density at radius 1 is 1.17 bits per heavy atom. The van der Waals surface area contributed by atoms with Gasteiger partial charge in [0.25, 0.3) is 0 Å². The Morgan fingerprint density at radius 2 is 1.92 bits per heavy atom. The Bertz CT molecular complexity index is 673. The van der Waals surface area contributed by atoms with Crippen LogP contribution >= 0.6 is 0 Å². The molecule has 24 heavy (non-hydrogen) atoms. The predicted octanol–water partition coefficient (Wildman–Crippen LogP) is 2.82. The van der Waals surface area contributed by atoms with E-state index in [4.69, 9.17) is 9.26 Å². The average molecular weight is 327 g/mol. The second kappa shape index (κ2) is 8.13. The predicted molar refractivity (Wildman–Crippen MR) is 95.0 cm³/mol. The van der Waals surface area contributed by atoms with Crippen LogP contribution < -0.4 is 4.74 Å². The third-order valence-corrected chi connectivity index (χ3v) is 4.32. The highest BCUT2D eigenvalue weighted by Crippen LogP contribution is 2.18. The number of benzene rings is 1. The second-order valence-electron chi connectivity index (χ2n) is 6.16. The van der Waals surface area contributed by atoms with E-state index in [1.807, 2.05) is 31.2 Å². The van der Waals surface area contributed by atoms with Gasteiger partial charge in [0.15, 0.2) is 5.76 Å². The molecule has 1 aliphatic rings. The summed E-state index contributed by atoms with van der Waals surface area (Å²) < 4.78 is 10.7. The third kappa shape index (κ3) is 4.46. The molecule has 0 aliphatic carbocycles. The van der Waals surface area contributed by atoms with Crippen molar-refractivity contribution in [3.8, 4) is 5.75 Å². The minimum absolute atomic E-state index is 0.853. The van der Waals surface area contributed by atoms with E-state index < -0.39 is 0 Å². The van der Waals surface area contributed by atoms with Gasteiger partial charge in [-0.05, 0) is 13.0 Å². The van der Waals surface area contributed by atoms with Crippen molar-refractivity contribution in [3.05, 3.63) is 53.4 Å². The highest BCUT2D eigenvalue weighted by molar-refractivity contribution is 5.57. The lowest BCUT2D eigenvalue weighted by Crippen LogP contribution is -2.45. The molecule has 0 amide bonds. The van der Waals surface area contributed by atoms with Crippen molar-refractivity contribution in [1.82, 2.24) is 15.0 Å². The number of nitrogens with zero attached hydrogens (tertiary/aromatic N) is 3. The SMILES string of the molecule is COc1ccccc1/C=C/CN1CCN(Cc2cc(C)no2)CC1. The van der Waals surface area contributed by atoms with Crippen molar-refractivity contribution in [2.75, 3.05) is 39.8 Å². The van der Waals surface area contributed by atoms with Gasteiger partial charge in [0, 0.05) is 44.4 Å². The van der Waals surface area contributed by atoms with Crippen LogP contribution in [-0.2, 0) is 6.54 Å². The van der Waals surface area contributed by atoms with Crippen molar-refractivity contribution in [2.24, 2.45) is 0 Å². The number of piperazine rings is 1. The first-order chi connectivity index (χ1) is 11.7. The van der Waals surface area contributed by atoms with Crippen LogP contribution in [0, 0.1) is 6.92 Å². The van der Waals surface area contributed by atoms with Gasteiger partial charge in [-0.25, -0.2) is 0 Å². The molecule has 1 fully saturated rings. The van der Waals surface area contributed by atoms with E-state index in [1.165, 1.54) is 0 Å². The molecule has 0 unspecified atom stereocenters. The molecule has 0 atom stereocenters. The number of methoxy groups -OCH3 is 1. The third-order valence-electron chi connectivity index (χ3n) is 4.32. The fourth-order valence-corrected chi connectivity index (χ4v) is 2.97.